The van der Waals surface area contributed by atoms with Crippen LogP contribution in [0.2, 0.25) is 0 Å². The van der Waals surface area contributed by atoms with Gasteiger partial charge >= 0.3 is 0 Å². The van der Waals surface area contributed by atoms with Gasteiger partial charge in [0.25, 0.3) is 0 Å². The van der Waals surface area contributed by atoms with E-state index in [1.165, 1.54) is 38.0 Å². The molecule has 2 heteroatoms. The van der Waals surface area contributed by atoms with Crippen LogP contribution in [0.1, 0.15) is 58.1 Å². The molecular formula is C18H29NO. The molecule has 1 saturated heterocycles. The van der Waals surface area contributed by atoms with Gasteiger partial charge in [0, 0.05) is 18.8 Å². The van der Waals surface area contributed by atoms with Gasteiger partial charge in [0.15, 0.2) is 0 Å². The standard InChI is InChI=1S/C18H29NO/c1-4-18(20)16-7-9-17(10-8-16)19-12-5-6-15(11-13-19)14(2)3/h7-10,14-15,18,20H,4-6,11-13H2,1-3H3/t15?,18-/m1/s1. The zero-order valence-electron chi connectivity index (χ0n) is 13.2. The number of aliphatic hydroxyl groups is 1. The Morgan fingerprint density at radius 1 is 1.15 bits per heavy atom. The molecule has 2 rings (SSSR count). The number of hydrogen-bond donors (Lipinski definition) is 1. The third kappa shape index (κ3) is 3.76. The molecule has 0 radical (unpaired) electrons. The van der Waals surface area contributed by atoms with Gasteiger partial charge in [0.2, 0.25) is 0 Å². The van der Waals surface area contributed by atoms with Crippen LogP contribution in [0.5, 0.6) is 0 Å². The van der Waals surface area contributed by atoms with E-state index in [9.17, 15) is 5.11 Å². The fourth-order valence-electron chi connectivity index (χ4n) is 3.19. The molecule has 1 unspecified atom stereocenters. The zero-order chi connectivity index (χ0) is 14.5. The van der Waals surface area contributed by atoms with Crippen LogP contribution in [0.25, 0.3) is 0 Å². The van der Waals surface area contributed by atoms with E-state index in [1.54, 1.807) is 0 Å². The Kier molecular flexibility index (Phi) is 5.47. The van der Waals surface area contributed by atoms with Crippen molar-refractivity contribution < 1.29 is 5.11 Å². The number of benzene rings is 1. The molecule has 0 spiro atoms. The smallest absolute Gasteiger partial charge is 0.0787 e. The van der Waals surface area contributed by atoms with Crippen LogP contribution in [-0.2, 0) is 0 Å². The van der Waals surface area contributed by atoms with E-state index in [0.29, 0.717) is 0 Å². The van der Waals surface area contributed by atoms with Gasteiger partial charge in [0.05, 0.1) is 6.10 Å². The Balaban J connectivity index is 2.01. The lowest BCUT2D eigenvalue weighted by Crippen LogP contribution is -2.24. The lowest BCUT2D eigenvalue weighted by molar-refractivity contribution is 0.173. The van der Waals surface area contributed by atoms with Crippen molar-refractivity contribution in [3.63, 3.8) is 0 Å². The number of aliphatic hydroxyl groups excluding tert-OH is 1. The summed E-state index contributed by atoms with van der Waals surface area (Å²) in [4.78, 5) is 2.50. The van der Waals surface area contributed by atoms with Crippen LogP contribution in [0.4, 0.5) is 5.69 Å². The molecule has 0 bridgehead atoms. The summed E-state index contributed by atoms with van der Waals surface area (Å²) in [5, 5.41) is 9.86. The predicted octanol–water partition coefficient (Wildman–Crippen LogP) is 4.39. The van der Waals surface area contributed by atoms with Gasteiger partial charge in [-0.2, -0.15) is 0 Å². The van der Waals surface area contributed by atoms with E-state index >= 15 is 0 Å². The molecule has 1 aromatic rings. The van der Waals surface area contributed by atoms with Crippen molar-refractivity contribution in [2.45, 2.75) is 52.6 Å². The maximum atomic E-state index is 9.86. The van der Waals surface area contributed by atoms with Crippen molar-refractivity contribution in [1.29, 1.82) is 0 Å². The van der Waals surface area contributed by atoms with Crippen LogP contribution >= 0.6 is 0 Å². The molecule has 1 aliphatic heterocycles. The molecule has 0 aromatic heterocycles. The first-order valence-electron chi connectivity index (χ1n) is 8.14. The summed E-state index contributed by atoms with van der Waals surface area (Å²) in [5.41, 5.74) is 2.34. The number of hydrogen-bond acceptors (Lipinski definition) is 2. The van der Waals surface area contributed by atoms with E-state index in [0.717, 1.165) is 23.8 Å². The Labute approximate surface area is 123 Å². The van der Waals surface area contributed by atoms with E-state index in [1.807, 2.05) is 6.92 Å². The molecule has 1 aromatic carbocycles. The Bertz CT molecular complexity index is 398. The van der Waals surface area contributed by atoms with Crippen LogP contribution in [0, 0.1) is 11.8 Å². The minimum atomic E-state index is -0.321. The summed E-state index contributed by atoms with van der Waals surface area (Å²) in [6.45, 7) is 9.04. The lowest BCUT2D eigenvalue weighted by Gasteiger charge is -2.24. The summed E-state index contributed by atoms with van der Waals surface area (Å²) < 4.78 is 0. The van der Waals surface area contributed by atoms with Crippen LogP contribution < -0.4 is 4.90 Å². The maximum Gasteiger partial charge on any atom is 0.0787 e. The quantitative estimate of drug-likeness (QED) is 0.880. The molecule has 1 N–H and O–H groups in total. The Hall–Kier alpha value is -1.02. The summed E-state index contributed by atoms with van der Waals surface area (Å²) >= 11 is 0. The number of nitrogens with zero attached hydrogens (tertiary/aromatic N) is 1. The topological polar surface area (TPSA) is 23.5 Å². The minimum Gasteiger partial charge on any atom is -0.388 e. The zero-order valence-corrected chi connectivity index (χ0v) is 13.2. The highest BCUT2D eigenvalue weighted by Gasteiger charge is 2.19. The second-order valence-corrected chi connectivity index (χ2v) is 6.44. The largest absolute Gasteiger partial charge is 0.388 e. The van der Waals surface area contributed by atoms with Gasteiger partial charge in [-0.25, -0.2) is 0 Å². The SMILES string of the molecule is CC[C@@H](O)c1ccc(N2CCCC(C(C)C)CC2)cc1. The van der Waals surface area contributed by atoms with Crippen molar-refractivity contribution in [3.05, 3.63) is 29.8 Å². The second-order valence-electron chi connectivity index (χ2n) is 6.44. The molecule has 2 nitrogen and oxygen atoms in total. The average Bonchev–Trinajstić information content (AvgIpc) is 2.72. The van der Waals surface area contributed by atoms with Crippen LogP contribution in [0.3, 0.4) is 0 Å². The van der Waals surface area contributed by atoms with Gasteiger partial charge in [-0.05, 0) is 55.2 Å². The summed E-state index contributed by atoms with van der Waals surface area (Å²) in [5.74, 6) is 1.68. The van der Waals surface area contributed by atoms with E-state index < -0.39 is 0 Å². The van der Waals surface area contributed by atoms with Crippen molar-refractivity contribution in [3.8, 4) is 0 Å². The third-order valence-corrected chi connectivity index (χ3v) is 4.75. The fourth-order valence-corrected chi connectivity index (χ4v) is 3.19. The normalized spacial score (nSPS) is 21.9. The van der Waals surface area contributed by atoms with Gasteiger partial charge in [-0.3, -0.25) is 0 Å². The molecule has 20 heavy (non-hydrogen) atoms. The van der Waals surface area contributed by atoms with Crippen molar-refractivity contribution in [2.24, 2.45) is 11.8 Å². The van der Waals surface area contributed by atoms with E-state index in [4.69, 9.17) is 0 Å². The van der Waals surface area contributed by atoms with Gasteiger partial charge < -0.3 is 10.0 Å². The second kappa shape index (κ2) is 7.12. The summed E-state index contributed by atoms with van der Waals surface area (Å²) in [6, 6.07) is 8.50. The fraction of sp³-hybridized carbons (Fsp3) is 0.667. The maximum absolute atomic E-state index is 9.86. The van der Waals surface area contributed by atoms with Crippen molar-refractivity contribution in [2.75, 3.05) is 18.0 Å². The van der Waals surface area contributed by atoms with Gasteiger partial charge in [-0.15, -0.1) is 0 Å². The van der Waals surface area contributed by atoms with Crippen molar-refractivity contribution in [1.82, 2.24) is 0 Å². The summed E-state index contributed by atoms with van der Waals surface area (Å²) in [7, 11) is 0. The Morgan fingerprint density at radius 3 is 2.45 bits per heavy atom. The monoisotopic (exact) mass is 275 g/mol. The molecule has 0 amide bonds. The number of rotatable bonds is 4. The molecule has 0 saturated carbocycles. The van der Waals surface area contributed by atoms with Gasteiger partial charge in [0.1, 0.15) is 0 Å². The first-order valence-corrected chi connectivity index (χ1v) is 8.14. The molecule has 1 aliphatic rings. The van der Waals surface area contributed by atoms with E-state index in [-0.39, 0.29) is 6.10 Å². The summed E-state index contributed by atoms with van der Waals surface area (Å²) in [6.07, 6.45) is 4.41. The molecular weight excluding hydrogens is 246 g/mol. The van der Waals surface area contributed by atoms with Crippen LogP contribution in [-0.4, -0.2) is 18.2 Å². The third-order valence-electron chi connectivity index (χ3n) is 4.75. The first-order chi connectivity index (χ1) is 9.61. The first kappa shape index (κ1) is 15.4. The van der Waals surface area contributed by atoms with Gasteiger partial charge in [-0.1, -0.05) is 32.9 Å². The van der Waals surface area contributed by atoms with E-state index in [2.05, 4.69) is 43.0 Å². The Morgan fingerprint density at radius 2 is 1.85 bits per heavy atom. The highest BCUT2D eigenvalue weighted by molar-refractivity contribution is 5.48. The molecule has 112 valence electrons. The highest BCUT2D eigenvalue weighted by Crippen LogP contribution is 2.28. The highest BCUT2D eigenvalue weighted by atomic mass is 16.3. The lowest BCUT2D eigenvalue weighted by atomic mass is 9.89. The molecule has 1 heterocycles. The molecule has 0 aliphatic carbocycles. The average molecular weight is 275 g/mol. The van der Waals surface area contributed by atoms with Crippen LogP contribution in [0.15, 0.2) is 24.3 Å². The molecule has 2 atom stereocenters. The predicted molar refractivity (Wildman–Crippen MR) is 86.1 cm³/mol. The minimum absolute atomic E-state index is 0.321. The molecule has 1 fully saturated rings. The number of anilines is 1. The van der Waals surface area contributed by atoms with Crippen molar-refractivity contribution >= 4 is 5.69 Å².